The van der Waals surface area contributed by atoms with Crippen LogP contribution in [0.1, 0.15) is 23.9 Å². The Morgan fingerprint density at radius 1 is 1.22 bits per heavy atom. The van der Waals surface area contributed by atoms with Gasteiger partial charge in [-0.05, 0) is 30.3 Å². The third kappa shape index (κ3) is 3.75. The number of furan rings is 1. The van der Waals surface area contributed by atoms with Gasteiger partial charge in [0.15, 0.2) is 0 Å². The summed E-state index contributed by atoms with van der Waals surface area (Å²) in [6.07, 6.45) is 3.43. The number of aromatic nitrogens is 2. The molecule has 4 aromatic rings. The van der Waals surface area contributed by atoms with Crippen molar-refractivity contribution >= 4 is 16.9 Å². The molecule has 5 rings (SSSR count). The molecule has 7 nitrogen and oxygen atoms in total. The molecular weight excluding hydrogens is 413 g/mol. The maximum absolute atomic E-state index is 13.0. The first-order valence-corrected chi connectivity index (χ1v) is 10.2. The number of ether oxygens (including phenoxy) is 1. The Bertz CT molecular complexity index is 1370. The summed E-state index contributed by atoms with van der Waals surface area (Å²) in [4.78, 5) is 30.2. The molecular formula is C24H20FN3O4. The fraction of sp³-hybridized carbons (Fsp3) is 0.208. The minimum Gasteiger partial charge on any atom is -0.487 e. The highest BCUT2D eigenvalue weighted by Gasteiger charge is 2.24. The van der Waals surface area contributed by atoms with Crippen molar-refractivity contribution in [1.29, 1.82) is 0 Å². The molecule has 1 amide bonds. The van der Waals surface area contributed by atoms with Crippen molar-refractivity contribution in [2.45, 2.75) is 26.5 Å². The van der Waals surface area contributed by atoms with Gasteiger partial charge in [-0.2, -0.15) is 0 Å². The molecule has 0 aliphatic carbocycles. The van der Waals surface area contributed by atoms with Crippen LogP contribution in [0, 0.1) is 5.82 Å². The number of rotatable bonds is 4. The van der Waals surface area contributed by atoms with Crippen LogP contribution in [0.4, 0.5) is 4.39 Å². The Morgan fingerprint density at radius 2 is 2.09 bits per heavy atom. The van der Waals surface area contributed by atoms with Gasteiger partial charge in [0.2, 0.25) is 5.91 Å². The molecule has 8 heteroatoms. The van der Waals surface area contributed by atoms with Crippen molar-refractivity contribution in [1.82, 2.24) is 14.5 Å². The third-order valence-corrected chi connectivity index (χ3v) is 5.61. The minimum absolute atomic E-state index is 0.0469. The standard InChI is InChI=1S/C24H20FN3O4/c1-15(29)27-8-7-22-21(13-27)20-5-4-18(10-23(20)32-22)28-9-6-19(11-24(28)30)31-14-17-3-2-16(25)12-26-17/h2-6,9-12H,7-8,13-14H2,1H3. The smallest absolute Gasteiger partial charge is 0.258 e. The maximum Gasteiger partial charge on any atom is 0.258 e. The normalized spacial score (nSPS) is 13.2. The third-order valence-electron chi connectivity index (χ3n) is 5.61. The van der Waals surface area contributed by atoms with Crippen LogP contribution in [0.25, 0.3) is 16.7 Å². The van der Waals surface area contributed by atoms with E-state index in [1.807, 2.05) is 18.2 Å². The first kappa shape index (κ1) is 20.0. The lowest BCUT2D eigenvalue weighted by atomic mass is 10.0. The Kier molecular flexibility index (Phi) is 4.97. The van der Waals surface area contributed by atoms with Crippen molar-refractivity contribution in [2.24, 2.45) is 0 Å². The van der Waals surface area contributed by atoms with Gasteiger partial charge in [0.25, 0.3) is 5.56 Å². The highest BCUT2D eigenvalue weighted by molar-refractivity contribution is 5.85. The molecule has 3 aromatic heterocycles. The number of fused-ring (bicyclic) bond motifs is 3. The summed E-state index contributed by atoms with van der Waals surface area (Å²) in [7, 11) is 0. The number of hydrogen-bond acceptors (Lipinski definition) is 5. The largest absolute Gasteiger partial charge is 0.487 e. The van der Waals surface area contributed by atoms with E-state index in [1.165, 1.54) is 22.8 Å². The van der Waals surface area contributed by atoms with E-state index >= 15 is 0 Å². The number of pyridine rings is 2. The van der Waals surface area contributed by atoms with Crippen LogP contribution in [-0.4, -0.2) is 26.9 Å². The number of amides is 1. The van der Waals surface area contributed by atoms with Crippen LogP contribution in [-0.2, 0) is 24.4 Å². The summed E-state index contributed by atoms with van der Waals surface area (Å²) in [5.41, 5.74) is 2.69. The van der Waals surface area contributed by atoms with Crippen molar-refractivity contribution in [3.05, 3.63) is 88.0 Å². The van der Waals surface area contributed by atoms with Crippen molar-refractivity contribution < 1.29 is 18.3 Å². The molecule has 0 radical (unpaired) electrons. The summed E-state index contributed by atoms with van der Waals surface area (Å²) >= 11 is 0. The number of benzene rings is 1. The minimum atomic E-state index is -0.415. The van der Waals surface area contributed by atoms with Crippen LogP contribution in [0.3, 0.4) is 0 Å². The van der Waals surface area contributed by atoms with E-state index in [-0.39, 0.29) is 18.1 Å². The zero-order valence-electron chi connectivity index (χ0n) is 17.4. The zero-order chi connectivity index (χ0) is 22.2. The second-order valence-corrected chi connectivity index (χ2v) is 7.70. The molecule has 32 heavy (non-hydrogen) atoms. The van der Waals surface area contributed by atoms with Gasteiger partial charge in [0, 0.05) is 55.7 Å². The van der Waals surface area contributed by atoms with Gasteiger partial charge >= 0.3 is 0 Å². The molecule has 0 atom stereocenters. The predicted octanol–water partition coefficient (Wildman–Crippen LogP) is 3.60. The fourth-order valence-electron chi connectivity index (χ4n) is 3.90. The molecule has 4 heterocycles. The number of carbonyl (C=O) groups excluding carboxylic acids is 1. The molecule has 0 unspecified atom stereocenters. The van der Waals surface area contributed by atoms with Crippen molar-refractivity contribution in [2.75, 3.05) is 6.54 Å². The molecule has 0 N–H and O–H groups in total. The summed E-state index contributed by atoms with van der Waals surface area (Å²) in [5, 5.41) is 0.953. The van der Waals surface area contributed by atoms with Crippen LogP contribution in [0.15, 0.2) is 64.1 Å². The van der Waals surface area contributed by atoms with E-state index in [0.717, 1.165) is 22.9 Å². The summed E-state index contributed by atoms with van der Waals surface area (Å²) in [6, 6.07) is 11.5. The summed E-state index contributed by atoms with van der Waals surface area (Å²) in [6.45, 7) is 2.88. The number of hydrogen-bond donors (Lipinski definition) is 0. The lowest BCUT2D eigenvalue weighted by Gasteiger charge is -2.25. The van der Waals surface area contributed by atoms with Gasteiger partial charge in [-0.25, -0.2) is 4.39 Å². The first-order valence-electron chi connectivity index (χ1n) is 10.2. The molecule has 162 valence electrons. The van der Waals surface area contributed by atoms with Gasteiger partial charge in [-0.3, -0.25) is 19.1 Å². The van der Waals surface area contributed by atoms with Gasteiger partial charge in [-0.1, -0.05) is 0 Å². The Balaban J connectivity index is 1.38. The van der Waals surface area contributed by atoms with Gasteiger partial charge in [0.1, 0.15) is 29.5 Å². The van der Waals surface area contributed by atoms with E-state index in [4.69, 9.17) is 9.15 Å². The Morgan fingerprint density at radius 3 is 2.84 bits per heavy atom. The van der Waals surface area contributed by atoms with E-state index in [0.29, 0.717) is 42.2 Å². The highest BCUT2D eigenvalue weighted by Crippen LogP contribution is 2.32. The van der Waals surface area contributed by atoms with Crippen molar-refractivity contribution in [3.8, 4) is 11.4 Å². The number of nitrogens with zero attached hydrogens (tertiary/aromatic N) is 3. The molecule has 0 saturated heterocycles. The lowest BCUT2D eigenvalue weighted by molar-refractivity contribution is -0.129. The molecule has 0 saturated carbocycles. The quantitative estimate of drug-likeness (QED) is 0.492. The molecule has 1 aliphatic heterocycles. The van der Waals surface area contributed by atoms with E-state index < -0.39 is 5.82 Å². The second-order valence-electron chi connectivity index (χ2n) is 7.70. The Hall–Kier alpha value is -3.94. The lowest BCUT2D eigenvalue weighted by Crippen LogP contribution is -2.33. The van der Waals surface area contributed by atoms with Crippen molar-refractivity contribution in [3.63, 3.8) is 0 Å². The molecule has 1 aliphatic rings. The second kappa shape index (κ2) is 7.96. The number of halogens is 1. The van der Waals surface area contributed by atoms with Gasteiger partial charge in [0.05, 0.1) is 17.6 Å². The zero-order valence-corrected chi connectivity index (χ0v) is 17.4. The monoisotopic (exact) mass is 433 g/mol. The number of carbonyl (C=O) groups is 1. The van der Waals surface area contributed by atoms with Crippen LogP contribution in [0.2, 0.25) is 0 Å². The predicted molar refractivity (Wildman–Crippen MR) is 115 cm³/mol. The van der Waals surface area contributed by atoms with Crippen LogP contribution in [0.5, 0.6) is 5.75 Å². The molecule has 0 spiro atoms. The fourth-order valence-corrected chi connectivity index (χ4v) is 3.90. The summed E-state index contributed by atoms with van der Waals surface area (Å²) < 4.78 is 26.1. The van der Waals surface area contributed by atoms with Gasteiger partial charge < -0.3 is 14.1 Å². The molecule has 0 bridgehead atoms. The van der Waals surface area contributed by atoms with Crippen LogP contribution >= 0.6 is 0 Å². The van der Waals surface area contributed by atoms with E-state index in [9.17, 15) is 14.0 Å². The topological polar surface area (TPSA) is 77.6 Å². The average molecular weight is 433 g/mol. The molecule has 1 aromatic carbocycles. The summed E-state index contributed by atoms with van der Waals surface area (Å²) in [5.74, 6) is 0.920. The SMILES string of the molecule is CC(=O)N1CCc2oc3cc(-n4ccc(OCc5ccc(F)cn5)cc4=O)ccc3c2C1. The maximum atomic E-state index is 13.0. The average Bonchev–Trinajstić information content (AvgIpc) is 3.15. The van der Waals surface area contributed by atoms with E-state index in [1.54, 1.807) is 24.1 Å². The molecule has 0 fully saturated rings. The van der Waals surface area contributed by atoms with E-state index in [2.05, 4.69) is 4.98 Å². The Labute approximate surface area is 182 Å². The van der Waals surface area contributed by atoms with Crippen LogP contribution < -0.4 is 10.3 Å². The highest BCUT2D eigenvalue weighted by atomic mass is 19.1. The van der Waals surface area contributed by atoms with Gasteiger partial charge in [-0.15, -0.1) is 0 Å². The first-order chi connectivity index (χ1) is 15.5.